The summed E-state index contributed by atoms with van der Waals surface area (Å²) in [5.74, 6) is 0.978. The van der Waals surface area contributed by atoms with Gasteiger partial charge in [-0.2, -0.15) is 4.98 Å². The highest BCUT2D eigenvalue weighted by Crippen LogP contribution is 2.33. The fourth-order valence-corrected chi connectivity index (χ4v) is 2.54. The molecule has 15 heavy (non-hydrogen) atoms. The molecule has 5 heteroatoms. The van der Waals surface area contributed by atoms with E-state index in [1.165, 1.54) is 19.3 Å². The third-order valence-corrected chi connectivity index (χ3v) is 3.35. The van der Waals surface area contributed by atoms with Gasteiger partial charge in [0.2, 0.25) is 5.28 Å². The number of halogens is 1. The van der Waals surface area contributed by atoms with Crippen LogP contribution >= 0.6 is 11.6 Å². The van der Waals surface area contributed by atoms with Crippen LogP contribution in [0, 0.1) is 0 Å². The minimum atomic E-state index is 0.335. The van der Waals surface area contributed by atoms with E-state index >= 15 is 0 Å². The Morgan fingerprint density at radius 2 is 2.40 bits per heavy atom. The van der Waals surface area contributed by atoms with Gasteiger partial charge in [0, 0.05) is 19.1 Å². The second kappa shape index (κ2) is 3.52. The molecule has 0 aliphatic carbocycles. The van der Waals surface area contributed by atoms with Gasteiger partial charge in [0.05, 0.1) is 11.9 Å². The number of fused-ring (bicyclic) bond motifs is 3. The maximum absolute atomic E-state index is 5.83. The van der Waals surface area contributed by atoms with E-state index in [1.54, 1.807) is 6.20 Å². The Hall–Kier alpha value is -1.03. The largest absolute Gasteiger partial charge is 0.379 e. The van der Waals surface area contributed by atoms with Gasteiger partial charge >= 0.3 is 0 Å². The number of piperidine rings is 1. The molecular weight excluding hydrogens is 212 g/mol. The van der Waals surface area contributed by atoms with Crippen molar-refractivity contribution in [3.63, 3.8) is 0 Å². The zero-order chi connectivity index (χ0) is 10.3. The highest BCUT2D eigenvalue weighted by atomic mass is 35.5. The van der Waals surface area contributed by atoms with Gasteiger partial charge in [0.1, 0.15) is 0 Å². The van der Waals surface area contributed by atoms with Crippen LogP contribution in [0.4, 0.5) is 11.5 Å². The Labute approximate surface area is 93.7 Å². The van der Waals surface area contributed by atoms with E-state index in [0.717, 1.165) is 24.6 Å². The summed E-state index contributed by atoms with van der Waals surface area (Å²) >= 11 is 5.83. The predicted molar refractivity (Wildman–Crippen MR) is 60.5 cm³/mol. The smallest absolute Gasteiger partial charge is 0.224 e. The van der Waals surface area contributed by atoms with E-state index in [9.17, 15) is 0 Å². The first-order valence-electron chi connectivity index (χ1n) is 5.37. The van der Waals surface area contributed by atoms with E-state index in [2.05, 4.69) is 20.2 Å². The monoisotopic (exact) mass is 224 g/mol. The van der Waals surface area contributed by atoms with E-state index in [1.807, 2.05) is 0 Å². The molecule has 4 nitrogen and oxygen atoms in total. The number of aromatic nitrogens is 2. The molecule has 0 saturated carbocycles. The first kappa shape index (κ1) is 9.21. The van der Waals surface area contributed by atoms with E-state index in [4.69, 9.17) is 11.6 Å². The van der Waals surface area contributed by atoms with Crippen molar-refractivity contribution < 1.29 is 0 Å². The fraction of sp³-hybridized carbons (Fsp3) is 0.600. The summed E-state index contributed by atoms with van der Waals surface area (Å²) < 4.78 is 0. The lowest BCUT2D eigenvalue weighted by molar-refractivity contribution is 0.462. The van der Waals surface area contributed by atoms with E-state index in [0.29, 0.717) is 11.3 Å². The predicted octanol–water partition coefficient (Wildman–Crippen LogP) is 1.91. The minimum Gasteiger partial charge on any atom is -0.379 e. The van der Waals surface area contributed by atoms with Crippen molar-refractivity contribution in [1.29, 1.82) is 0 Å². The second-order valence-electron chi connectivity index (χ2n) is 4.10. The van der Waals surface area contributed by atoms with Gasteiger partial charge in [-0.3, -0.25) is 0 Å². The summed E-state index contributed by atoms with van der Waals surface area (Å²) in [6.07, 6.45) is 5.58. The molecule has 1 N–H and O–H groups in total. The lowest BCUT2D eigenvalue weighted by Crippen LogP contribution is -2.47. The molecule has 0 aromatic carbocycles. The zero-order valence-corrected chi connectivity index (χ0v) is 9.17. The van der Waals surface area contributed by atoms with Crippen LogP contribution in [0.25, 0.3) is 0 Å². The molecule has 2 aliphatic rings. The van der Waals surface area contributed by atoms with Crippen LogP contribution in [-0.2, 0) is 0 Å². The van der Waals surface area contributed by atoms with Gasteiger partial charge in [-0.15, -0.1) is 0 Å². The van der Waals surface area contributed by atoms with Crippen LogP contribution in [0.3, 0.4) is 0 Å². The molecule has 3 heterocycles. The zero-order valence-electron chi connectivity index (χ0n) is 8.41. The van der Waals surface area contributed by atoms with Gasteiger partial charge in [0.15, 0.2) is 5.82 Å². The normalized spacial score (nSPS) is 24.1. The Kier molecular flexibility index (Phi) is 2.16. The Morgan fingerprint density at radius 1 is 1.47 bits per heavy atom. The summed E-state index contributed by atoms with van der Waals surface area (Å²) in [4.78, 5) is 10.7. The fourth-order valence-electron chi connectivity index (χ4n) is 2.42. The molecule has 0 bridgehead atoms. The maximum Gasteiger partial charge on any atom is 0.224 e. The third-order valence-electron chi connectivity index (χ3n) is 3.17. The average Bonchev–Trinajstić information content (AvgIpc) is 2.29. The summed E-state index contributed by atoms with van der Waals surface area (Å²) in [5, 5.41) is 3.70. The van der Waals surface area contributed by atoms with E-state index < -0.39 is 0 Å². The molecule has 0 radical (unpaired) electrons. The SMILES string of the molecule is Clc1ncc2c(n1)N1CCCCC1CN2. The van der Waals surface area contributed by atoms with Gasteiger partial charge in [-0.05, 0) is 30.9 Å². The standard InChI is InChI=1S/C10H13ClN4/c11-10-13-6-8-9(14-10)15-4-2-1-3-7(15)5-12-8/h6-7,12H,1-5H2. The molecule has 1 fully saturated rings. The van der Waals surface area contributed by atoms with Crippen molar-refractivity contribution in [3.05, 3.63) is 11.5 Å². The first-order chi connectivity index (χ1) is 7.34. The summed E-state index contributed by atoms with van der Waals surface area (Å²) in [6.45, 7) is 2.09. The van der Waals surface area contributed by atoms with Crippen molar-refractivity contribution in [1.82, 2.24) is 9.97 Å². The number of anilines is 2. The highest BCUT2D eigenvalue weighted by Gasteiger charge is 2.29. The molecule has 3 rings (SSSR count). The van der Waals surface area contributed by atoms with Crippen molar-refractivity contribution in [2.75, 3.05) is 23.3 Å². The number of rotatable bonds is 0. The topological polar surface area (TPSA) is 41.1 Å². The molecule has 1 aromatic rings. The number of hydrogen-bond acceptors (Lipinski definition) is 4. The first-order valence-corrected chi connectivity index (χ1v) is 5.75. The van der Waals surface area contributed by atoms with Gasteiger partial charge in [-0.25, -0.2) is 4.98 Å². The van der Waals surface area contributed by atoms with Crippen molar-refractivity contribution >= 4 is 23.1 Å². The van der Waals surface area contributed by atoms with Crippen molar-refractivity contribution in [2.45, 2.75) is 25.3 Å². The molecule has 1 unspecified atom stereocenters. The van der Waals surface area contributed by atoms with Crippen LogP contribution in [0.5, 0.6) is 0 Å². The van der Waals surface area contributed by atoms with Gasteiger partial charge in [-0.1, -0.05) is 0 Å². The molecule has 0 spiro atoms. The number of nitrogens with zero attached hydrogens (tertiary/aromatic N) is 3. The summed E-state index contributed by atoms with van der Waals surface area (Å²) in [5.41, 5.74) is 1.01. The van der Waals surface area contributed by atoms with Crippen LogP contribution in [0.2, 0.25) is 5.28 Å². The Morgan fingerprint density at radius 3 is 3.33 bits per heavy atom. The average molecular weight is 225 g/mol. The minimum absolute atomic E-state index is 0.335. The maximum atomic E-state index is 5.83. The van der Waals surface area contributed by atoms with Gasteiger partial charge in [0.25, 0.3) is 0 Å². The van der Waals surface area contributed by atoms with Crippen LogP contribution in [0.15, 0.2) is 6.20 Å². The molecule has 1 atom stereocenters. The molecule has 1 saturated heterocycles. The molecule has 1 aromatic heterocycles. The quantitative estimate of drug-likeness (QED) is 0.684. The lowest BCUT2D eigenvalue weighted by Gasteiger charge is -2.41. The molecule has 80 valence electrons. The Balaban J connectivity index is 2.01. The number of nitrogens with one attached hydrogen (secondary N) is 1. The second-order valence-corrected chi connectivity index (χ2v) is 4.44. The van der Waals surface area contributed by atoms with Crippen LogP contribution in [0.1, 0.15) is 19.3 Å². The third kappa shape index (κ3) is 1.53. The van der Waals surface area contributed by atoms with E-state index in [-0.39, 0.29) is 0 Å². The highest BCUT2D eigenvalue weighted by molar-refractivity contribution is 6.28. The molecule has 2 aliphatic heterocycles. The summed E-state index contributed by atoms with van der Waals surface area (Å²) in [6, 6.07) is 0.581. The molecular formula is C10H13ClN4. The Bertz CT molecular complexity index is 382. The van der Waals surface area contributed by atoms with Crippen molar-refractivity contribution in [2.24, 2.45) is 0 Å². The lowest BCUT2D eigenvalue weighted by atomic mass is 10.0. The number of hydrogen-bond donors (Lipinski definition) is 1. The van der Waals surface area contributed by atoms with Crippen LogP contribution in [-0.4, -0.2) is 29.1 Å². The molecule has 0 amide bonds. The van der Waals surface area contributed by atoms with Crippen molar-refractivity contribution in [3.8, 4) is 0 Å². The summed E-state index contributed by atoms with van der Waals surface area (Å²) in [7, 11) is 0. The van der Waals surface area contributed by atoms with Crippen LogP contribution < -0.4 is 10.2 Å². The van der Waals surface area contributed by atoms with Gasteiger partial charge < -0.3 is 10.2 Å².